The van der Waals surface area contributed by atoms with Crippen LogP contribution in [-0.2, 0) is 24.4 Å². The van der Waals surface area contributed by atoms with Gasteiger partial charge in [-0.15, -0.1) is 0 Å². The summed E-state index contributed by atoms with van der Waals surface area (Å²) in [5.41, 5.74) is 0. The summed E-state index contributed by atoms with van der Waals surface area (Å²) >= 11 is 0. The Morgan fingerprint density at radius 2 is 1.87 bits per heavy atom. The standard InChI is InChI=1S/C14H14N2O6S/c1-15(23(21,22)8-5-3-2-4-6-8)11-9-7-10(17)12(14(19)20)16(9)13(11)18/h2-6,9,11-12H,7H2,1H3,(H,19,20). The number of carbonyl (C=O) groups is 3. The van der Waals surface area contributed by atoms with Gasteiger partial charge >= 0.3 is 5.97 Å². The Kier molecular flexibility index (Phi) is 3.49. The van der Waals surface area contributed by atoms with E-state index in [-0.39, 0.29) is 11.3 Å². The lowest BCUT2D eigenvalue weighted by atomic mass is 9.96. The van der Waals surface area contributed by atoms with Gasteiger partial charge in [-0.25, -0.2) is 13.2 Å². The number of amides is 1. The largest absolute Gasteiger partial charge is 0.479 e. The van der Waals surface area contributed by atoms with E-state index in [0.717, 1.165) is 9.21 Å². The van der Waals surface area contributed by atoms with Crippen LogP contribution in [-0.4, -0.2) is 65.6 Å². The maximum absolute atomic E-state index is 12.6. The normalized spacial score (nSPS) is 27.0. The molecule has 8 nitrogen and oxygen atoms in total. The van der Waals surface area contributed by atoms with Gasteiger partial charge < -0.3 is 10.0 Å². The summed E-state index contributed by atoms with van der Waals surface area (Å²) in [7, 11) is -2.63. The van der Waals surface area contributed by atoms with Crippen LogP contribution in [0.3, 0.4) is 0 Å². The predicted octanol–water partition coefficient (Wildman–Crippen LogP) is -0.687. The third kappa shape index (κ3) is 2.15. The van der Waals surface area contributed by atoms with Crippen LogP contribution in [0.25, 0.3) is 0 Å². The molecule has 0 radical (unpaired) electrons. The molecule has 1 amide bonds. The molecule has 2 fully saturated rings. The SMILES string of the molecule is CN(C1C(=O)N2C(C(=O)O)C(=O)CC12)S(=O)(=O)c1ccccc1. The maximum atomic E-state index is 12.6. The summed E-state index contributed by atoms with van der Waals surface area (Å²) in [6.07, 6.45) is -0.151. The maximum Gasteiger partial charge on any atom is 0.334 e. The number of benzene rings is 1. The molecule has 2 saturated heterocycles. The van der Waals surface area contributed by atoms with Crippen LogP contribution >= 0.6 is 0 Å². The molecule has 122 valence electrons. The highest BCUT2D eigenvalue weighted by molar-refractivity contribution is 7.89. The van der Waals surface area contributed by atoms with Gasteiger partial charge in [-0.05, 0) is 12.1 Å². The molecule has 0 saturated carbocycles. The number of rotatable bonds is 4. The van der Waals surface area contributed by atoms with Crippen molar-refractivity contribution in [2.45, 2.75) is 29.4 Å². The molecule has 0 aromatic heterocycles. The fraction of sp³-hybridized carbons (Fsp3) is 0.357. The molecule has 2 heterocycles. The van der Waals surface area contributed by atoms with E-state index in [2.05, 4.69) is 0 Å². The molecule has 3 atom stereocenters. The van der Waals surface area contributed by atoms with Crippen LogP contribution in [0.5, 0.6) is 0 Å². The average molecular weight is 338 g/mol. The Hall–Kier alpha value is -2.26. The lowest BCUT2D eigenvalue weighted by molar-refractivity contribution is -0.163. The zero-order valence-electron chi connectivity index (χ0n) is 12.1. The Morgan fingerprint density at radius 1 is 1.26 bits per heavy atom. The van der Waals surface area contributed by atoms with Gasteiger partial charge in [-0.2, -0.15) is 4.31 Å². The summed E-state index contributed by atoms with van der Waals surface area (Å²) < 4.78 is 26.0. The highest BCUT2D eigenvalue weighted by Gasteiger charge is 2.62. The zero-order chi connectivity index (χ0) is 16.9. The molecule has 3 rings (SSSR count). The molecule has 9 heteroatoms. The molecule has 1 aromatic carbocycles. The zero-order valence-corrected chi connectivity index (χ0v) is 12.9. The fourth-order valence-electron chi connectivity index (χ4n) is 3.12. The molecular weight excluding hydrogens is 324 g/mol. The van der Waals surface area contributed by atoms with Gasteiger partial charge in [0.15, 0.2) is 11.8 Å². The van der Waals surface area contributed by atoms with Crippen LogP contribution in [0.4, 0.5) is 0 Å². The van der Waals surface area contributed by atoms with E-state index in [4.69, 9.17) is 5.11 Å². The van der Waals surface area contributed by atoms with Crippen molar-refractivity contribution in [1.29, 1.82) is 0 Å². The van der Waals surface area contributed by atoms with Gasteiger partial charge in [0.2, 0.25) is 15.9 Å². The Bertz CT molecular complexity index is 791. The third-order valence-electron chi connectivity index (χ3n) is 4.27. The van der Waals surface area contributed by atoms with Crippen LogP contribution in [0, 0.1) is 0 Å². The van der Waals surface area contributed by atoms with Crippen LogP contribution in [0.2, 0.25) is 0 Å². The van der Waals surface area contributed by atoms with E-state index in [1.54, 1.807) is 18.2 Å². The first-order valence-electron chi connectivity index (χ1n) is 6.87. The number of hydrogen-bond acceptors (Lipinski definition) is 5. The van der Waals surface area contributed by atoms with Crippen LogP contribution in [0.15, 0.2) is 35.2 Å². The van der Waals surface area contributed by atoms with Gasteiger partial charge in [-0.3, -0.25) is 9.59 Å². The number of aliphatic carboxylic acids is 1. The average Bonchev–Trinajstić information content (AvgIpc) is 2.81. The smallest absolute Gasteiger partial charge is 0.334 e. The highest BCUT2D eigenvalue weighted by Crippen LogP contribution is 2.37. The molecule has 2 aliphatic rings. The van der Waals surface area contributed by atoms with Gasteiger partial charge in [-0.1, -0.05) is 18.2 Å². The number of hydrogen-bond donors (Lipinski definition) is 1. The molecule has 23 heavy (non-hydrogen) atoms. The number of sulfonamides is 1. The fourth-order valence-corrected chi connectivity index (χ4v) is 4.48. The Balaban J connectivity index is 1.89. The molecular formula is C14H14N2O6S. The number of ketones is 1. The van der Waals surface area contributed by atoms with Gasteiger partial charge in [0.1, 0.15) is 6.04 Å². The number of nitrogens with zero attached hydrogens (tertiary/aromatic N) is 2. The van der Waals surface area contributed by atoms with Crippen molar-refractivity contribution < 1.29 is 27.9 Å². The quantitative estimate of drug-likeness (QED) is 0.575. The second kappa shape index (κ2) is 5.14. The second-order valence-electron chi connectivity index (χ2n) is 5.50. The molecule has 0 aliphatic carbocycles. The van der Waals surface area contributed by atoms with E-state index in [0.29, 0.717) is 0 Å². The van der Waals surface area contributed by atoms with Gasteiger partial charge in [0, 0.05) is 13.5 Å². The summed E-state index contributed by atoms with van der Waals surface area (Å²) in [4.78, 5) is 36.1. The summed E-state index contributed by atoms with van der Waals surface area (Å²) in [5, 5.41) is 9.04. The van der Waals surface area contributed by atoms with E-state index in [9.17, 15) is 22.8 Å². The number of carbonyl (C=O) groups excluding carboxylic acids is 2. The van der Waals surface area contributed by atoms with Crippen molar-refractivity contribution in [2.24, 2.45) is 0 Å². The Morgan fingerprint density at radius 3 is 2.43 bits per heavy atom. The summed E-state index contributed by atoms with van der Waals surface area (Å²) in [6, 6.07) is 4.34. The van der Waals surface area contributed by atoms with E-state index in [1.165, 1.54) is 19.2 Å². The van der Waals surface area contributed by atoms with Crippen molar-refractivity contribution in [3.05, 3.63) is 30.3 Å². The van der Waals surface area contributed by atoms with Gasteiger partial charge in [0.25, 0.3) is 0 Å². The minimum Gasteiger partial charge on any atom is -0.479 e. The minimum atomic E-state index is -3.90. The molecule has 2 aliphatic heterocycles. The lowest BCUT2D eigenvalue weighted by Gasteiger charge is -2.46. The first kappa shape index (κ1) is 15.6. The number of fused-ring (bicyclic) bond motifs is 1. The number of likely N-dealkylation sites (N-methyl/N-ethyl adjacent to an activating group) is 1. The monoisotopic (exact) mass is 338 g/mol. The van der Waals surface area contributed by atoms with Crippen molar-refractivity contribution >= 4 is 27.7 Å². The number of Topliss-reactive ketones (excluding diaryl/α,β-unsaturated/α-hetero) is 1. The predicted molar refractivity (Wildman–Crippen MR) is 76.9 cm³/mol. The molecule has 1 N–H and O–H groups in total. The molecule has 0 spiro atoms. The first-order valence-corrected chi connectivity index (χ1v) is 8.31. The van der Waals surface area contributed by atoms with Crippen molar-refractivity contribution in [3.63, 3.8) is 0 Å². The highest BCUT2D eigenvalue weighted by atomic mass is 32.2. The summed E-state index contributed by atoms with van der Waals surface area (Å²) in [5.74, 6) is -2.63. The summed E-state index contributed by atoms with van der Waals surface area (Å²) in [6.45, 7) is 0. The van der Waals surface area contributed by atoms with Crippen LogP contribution < -0.4 is 0 Å². The Labute approximate surface area is 132 Å². The first-order chi connectivity index (χ1) is 10.8. The number of carboxylic acid groups (broad SMARTS) is 1. The minimum absolute atomic E-state index is 0.0351. The van der Waals surface area contributed by atoms with Gasteiger partial charge in [0.05, 0.1) is 10.9 Å². The topological polar surface area (TPSA) is 112 Å². The third-order valence-corrected chi connectivity index (χ3v) is 6.12. The molecule has 0 bridgehead atoms. The van der Waals surface area contributed by atoms with Crippen molar-refractivity contribution in [3.8, 4) is 0 Å². The molecule has 1 aromatic rings. The second-order valence-corrected chi connectivity index (χ2v) is 7.50. The van der Waals surface area contributed by atoms with Crippen molar-refractivity contribution in [1.82, 2.24) is 9.21 Å². The lowest BCUT2D eigenvalue weighted by Crippen LogP contribution is -2.70. The molecule has 3 unspecified atom stereocenters. The number of β-lactam (4-membered cyclic amide) rings is 1. The van der Waals surface area contributed by atoms with E-state index < -0.39 is 45.8 Å². The van der Waals surface area contributed by atoms with Crippen molar-refractivity contribution in [2.75, 3.05) is 7.05 Å². The van der Waals surface area contributed by atoms with E-state index >= 15 is 0 Å². The number of carboxylic acids is 1. The van der Waals surface area contributed by atoms with Crippen LogP contribution in [0.1, 0.15) is 6.42 Å². The van der Waals surface area contributed by atoms with E-state index in [1.807, 2.05) is 0 Å².